The molecule has 2 fully saturated rings. The minimum absolute atomic E-state index is 0.0102. The number of likely N-dealkylation sites (tertiary alicyclic amines) is 1. The first-order valence-electron chi connectivity index (χ1n) is 16.3. The number of piperidine rings is 1. The smallest absolute Gasteiger partial charge is 0.331 e. The Kier molecular flexibility index (Phi) is 9.03. The van der Waals surface area contributed by atoms with Crippen molar-refractivity contribution >= 4 is 46.6 Å². The lowest BCUT2D eigenvalue weighted by Crippen LogP contribution is -2.61. The maximum atomic E-state index is 13.5. The number of nitrogens with zero attached hydrogens (tertiary/aromatic N) is 7. The maximum Gasteiger partial charge on any atom is 0.331 e. The second-order valence-corrected chi connectivity index (χ2v) is 12.6. The molecular weight excluding hydrogens is 610 g/mol. The average molecular weight is 652 g/mol. The molecule has 0 bridgehead atoms. The molecular formula is C35H41N9O4. The summed E-state index contributed by atoms with van der Waals surface area (Å²) in [6.07, 6.45) is 3.04. The van der Waals surface area contributed by atoms with Gasteiger partial charge < -0.3 is 25.8 Å². The third-order valence-corrected chi connectivity index (χ3v) is 9.35. The van der Waals surface area contributed by atoms with Gasteiger partial charge in [0.05, 0.1) is 5.69 Å². The molecule has 13 nitrogen and oxygen atoms in total. The molecule has 48 heavy (non-hydrogen) atoms. The maximum absolute atomic E-state index is 13.5. The number of hydrogen-bond acceptors (Lipinski definition) is 7. The molecule has 4 aromatic rings. The molecule has 1 unspecified atom stereocenters. The first-order valence-corrected chi connectivity index (χ1v) is 16.3. The molecule has 2 saturated heterocycles. The number of nitrogens with two attached hydrogens (primary N) is 1. The molecule has 0 saturated carbocycles. The summed E-state index contributed by atoms with van der Waals surface area (Å²) in [4.78, 5) is 63.5. The summed E-state index contributed by atoms with van der Waals surface area (Å²) in [7, 11) is 1.81. The van der Waals surface area contributed by atoms with Crippen molar-refractivity contribution in [2.45, 2.75) is 45.6 Å². The van der Waals surface area contributed by atoms with Crippen LogP contribution in [-0.4, -0.2) is 92.4 Å². The zero-order chi connectivity index (χ0) is 34.1. The van der Waals surface area contributed by atoms with Crippen LogP contribution < -0.4 is 16.0 Å². The Hall–Kier alpha value is -5.46. The topological polar surface area (TPSA) is 149 Å². The van der Waals surface area contributed by atoms with E-state index in [9.17, 15) is 19.2 Å². The van der Waals surface area contributed by atoms with E-state index in [-0.39, 0.29) is 24.5 Å². The number of nitrogens with one attached hydrogen (secondary N) is 1. The number of benzene rings is 2. The van der Waals surface area contributed by atoms with Gasteiger partial charge in [-0.15, -0.1) is 0 Å². The third-order valence-electron chi connectivity index (χ3n) is 9.35. The van der Waals surface area contributed by atoms with Crippen LogP contribution in [-0.2, 0) is 9.59 Å². The van der Waals surface area contributed by atoms with Crippen LogP contribution in [0.25, 0.3) is 16.6 Å². The van der Waals surface area contributed by atoms with E-state index in [1.807, 2.05) is 49.4 Å². The summed E-state index contributed by atoms with van der Waals surface area (Å²) < 4.78 is 1.85. The second kappa shape index (κ2) is 13.3. The van der Waals surface area contributed by atoms with E-state index >= 15 is 0 Å². The number of anilines is 3. The largest absolute Gasteiger partial charge is 0.382 e. The summed E-state index contributed by atoms with van der Waals surface area (Å²) in [6, 6.07) is 17.4. The number of imide groups is 1. The van der Waals surface area contributed by atoms with Crippen LogP contribution in [0.15, 0.2) is 67.0 Å². The fraction of sp³-hybridized carbons (Fsp3) is 0.371. The van der Waals surface area contributed by atoms with E-state index in [0.717, 1.165) is 34.6 Å². The molecule has 250 valence electrons. The molecule has 13 heteroatoms. The third kappa shape index (κ3) is 6.03. The van der Waals surface area contributed by atoms with Gasteiger partial charge in [-0.3, -0.25) is 9.59 Å². The van der Waals surface area contributed by atoms with Gasteiger partial charge in [-0.25, -0.2) is 24.0 Å². The van der Waals surface area contributed by atoms with Crippen LogP contribution in [0.2, 0.25) is 0 Å². The molecule has 2 aliphatic rings. The predicted octanol–water partition coefficient (Wildman–Crippen LogP) is 4.66. The van der Waals surface area contributed by atoms with Crippen LogP contribution in [0.5, 0.6) is 0 Å². The van der Waals surface area contributed by atoms with Crippen LogP contribution in [0.3, 0.4) is 0 Å². The summed E-state index contributed by atoms with van der Waals surface area (Å²) >= 11 is 0. The number of fused-ring (bicyclic) bond motifs is 1. The monoisotopic (exact) mass is 651 g/mol. The van der Waals surface area contributed by atoms with E-state index in [4.69, 9.17) is 5.73 Å². The molecule has 1 atom stereocenters. The number of carbonyl (C=O) groups is 4. The van der Waals surface area contributed by atoms with Crippen molar-refractivity contribution in [1.82, 2.24) is 29.3 Å². The van der Waals surface area contributed by atoms with Gasteiger partial charge in [0.1, 0.15) is 17.8 Å². The summed E-state index contributed by atoms with van der Waals surface area (Å²) in [6.45, 7) is 7.63. The Balaban J connectivity index is 1.22. The molecule has 0 spiro atoms. The van der Waals surface area contributed by atoms with E-state index in [1.165, 1.54) is 11.2 Å². The van der Waals surface area contributed by atoms with E-state index in [2.05, 4.69) is 21.5 Å². The molecule has 2 aliphatic heterocycles. The Morgan fingerprint density at radius 3 is 2.38 bits per heavy atom. The minimum Gasteiger partial charge on any atom is -0.382 e. The van der Waals surface area contributed by atoms with Crippen LogP contribution >= 0.6 is 0 Å². The van der Waals surface area contributed by atoms with Crippen molar-refractivity contribution in [3.8, 4) is 11.1 Å². The summed E-state index contributed by atoms with van der Waals surface area (Å²) in [5.74, 6) is -1.60. The lowest BCUT2D eigenvalue weighted by Gasteiger charge is -2.39. The Bertz CT molecular complexity index is 1830. The number of urea groups is 2. The number of aromatic nitrogens is 3. The van der Waals surface area contributed by atoms with Crippen LogP contribution in [0, 0.1) is 5.92 Å². The van der Waals surface area contributed by atoms with Crippen molar-refractivity contribution < 1.29 is 19.2 Å². The number of amides is 6. The van der Waals surface area contributed by atoms with Gasteiger partial charge in [0.2, 0.25) is 11.8 Å². The molecule has 3 N–H and O–H groups in total. The Morgan fingerprint density at radius 2 is 1.73 bits per heavy atom. The summed E-state index contributed by atoms with van der Waals surface area (Å²) in [5.41, 5.74) is 10.7. The highest BCUT2D eigenvalue weighted by Gasteiger charge is 2.44. The van der Waals surface area contributed by atoms with Crippen molar-refractivity contribution in [2.75, 3.05) is 49.2 Å². The van der Waals surface area contributed by atoms with Crippen LogP contribution in [0.1, 0.15) is 45.2 Å². The SMILES string of the molecule is CCN(C)C(=O)N1CCC(c2cc(-c3ccc(NC(=O)C4CN(C(C)C)C(=O)N(c5ccccc5)C4=O)cc3)c3c(N)ncnn23)CC1. The van der Waals surface area contributed by atoms with E-state index in [1.54, 1.807) is 47.4 Å². The Morgan fingerprint density at radius 1 is 1.04 bits per heavy atom. The number of rotatable bonds is 7. The lowest BCUT2D eigenvalue weighted by atomic mass is 9.93. The van der Waals surface area contributed by atoms with Crippen molar-refractivity contribution in [3.63, 3.8) is 0 Å². The summed E-state index contributed by atoms with van der Waals surface area (Å²) in [5, 5.41) is 7.43. The molecule has 2 aromatic heterocycles. The van der Waals surface area contributed by atoms with Gasteiger partial charge in [0, 0.05) is 62.1 Å². The van der Waals surface area contributed by atoms with Crippen molar-refractivity contribution in [2.24, 2.45) is 5.92 Å². The number of carbonyl (C=O) groups excluding carboxylic acids is 4. The highest BCUT2D eigenvalue weighted by molar-refractivity contribution is 6.23. The normalized spacial score (nSPS) is 17.4. The van der Waals surface area contributed by atoms with Gasteiger partial charge in [0.25, 0.3) is 0 Å². The second-order valence-electron chi connectivity index (χ2n) is 12.6. The Labute approximate surface area is 279 Å². The minimum atomic E-state index is -1.08. The van der Waals surface area contributed by atoms with Crippen molar-refractivity contribution in [1.29, 1.82) is 0 Å². The highest BCUT2D eigenvalue weighted by Crippen LogP contribution is 2.37. The number of hydrogen-bond donors (Lipinski definition) is 2. The lowest BCUT2D eigenvalue weighted by molar-refractivity contribution is -0.132. The first-order chi connectivity index (χ1) is 23.1. The number of para-hydroxylation sites is 1. The molecule has 2 aromatic carbocycles. The molecule has 4 heterocycles. The van der Waals surface area contributed by atoms with Gasteiger partial charge >= 0.3 is 12.1 Å². The van der Waals surface area contributed by atoms with E-state index < -0.39 is 23.8 Å². The molecule has 0 radical (unpaired) electrons. The van der Waals surface area contributed by atoms with E-state index in [0.29, 0.717) is 42.3 Å². The fourth-order valence-corrected chi connectivity index (χ4v) is 6.48. The molecule has 6 amide bonds. The van der Waals surface area contributed by atoms with Crippen LogP contribution in [0.4, 0.5) is 26.8 Å². The fourth-order valence-electron chi connectivity index (χ4n) is 6.48. The molecule has 0 aliphatic carbocycles. The zero-order valence-corrected chi connectivity index (χ0v) is 27.7. The quantitative estimate of drug-likeness (QED) is 0.276. The first kappa shape index (κ1) is 32.5. The average Bonchev–Trinajstić information content (AvgIpc) is 3.49. The van der Waals surface area contributed by atoms with Gasteiger partial charge in [-0.1, -0.05) is 30.3 Å². The number of nitrogen functional groups attached to an aromatic ring is 1. The van der Waals surface area contributed by atoms with Gasteiger partial charge in [-0.2, -0.15) is 5.10 Å². The zero-order valence-electron chi connectivity index (χ0n) is 27.7. The highest BCUT2D eigenvalue weighted by atomic mass is 16.2. The standard InChI is InChI=1S/C35H41N9O4/c1-5-40(4)34(47)41-17-15-24(16-18-41)29-19-27(30-31(36)37-21-38-44(29)30)23-11-13-25(14-12-23)39-32(45)28-20-42(22(2)3)35(48)43(33(28)46)26-9-7-6-8-10-26/h6-14,19,21-22,24,28H,5,15-18,20H2,1-4H3,(H,39,45)(H2,36,37,38). The molecule has 6 rings (SSSR count). The predicted molar refractivity (Wildman–Crippen MR) is 183 cm³/mol. The van der Waals surface area contributed by atoms with Gasteiger partial charge in [0.15, 0.2) is 5.82 Å². The van der Waals surface area contributed by atoms with Gasteiger partial charge in [-0.05, 0) is 69.5 Å². The van der Waals surface area contributed by atoms with Crippen molar-refractivity contribution in [3.05, 3.63) is 72.7 Å².